The highest BCUT2D eigenvalue weighted by atomic mass is 79.9. The molecule has 0 aliphatic heterocycles. The van der Waals surface area contributed by atoms with Gasteiger partial charge in [-0.2, -0.15) is 5.10 Å². The molecule has 0 saturated carbocycles. The lowest BCUT2D eigenvalue weighted by atomic mass is 10.4. The summed E-state index contributed by atoms with van der Waals surface area (Å²) in [7, 11) is 0. The molecule has 0 bridgehead atoms. The maximum absolute atomic E-state index is 11.7. The summed E-state index contributed by atoms with van der Waals surface area (Å²) in [5.41, 5.74) is 0.380. The topological polar surface area (TPSA) is 81.9 Å². The van der Waals surface area contributed by atoms with E-state index in [0.717, 1.165) is 13.0 Å². The molecule has 2 rings (SSSR count). The van der Waals surface area contributed by atoms with Crippen LogP contribution in [0.2, 0.25) is 0 Å². The maximum atomic E-state index is 11.7. The third-order valence-electron chi connectivity index (χ3n) is 2.62. The van der Waals surface area contributed by atoms with E-state index in [9.17, 15) is 4.79 Å². The number of hydrogen-bond donors (Lipinski definition) is 1. The number of aromatic nitrogens is 4. The van der Waals surface area contributed by atoms with Crippen LogP contribution < -0.4 is 5.32 Å². The number of esters is 1. The van der Waals surface area contributed by atoms with Gasteiger partial charge in [-0.05, 0) is 29.3 Å². The molecule has 7 nitrogen and oxygen atoms in total. The lowest BCUT2D eigenvalue weighted by Crippen LogP contribution is -2.07. The van der Waals surface area contributed by atoms with E-state index >= 15 is 0 Å². The molecular weight excluding hydrogens is 338 g/mol. The number of carbonyl (C=O) groups excluding carboxylic acids is 1. The predicted molar refractivity (Wildman–Crippen MR) is 81.6 cm³/mol. The van der Waals surface area contributed by atoms with E-state index in [-0.39, 0.29) is 0 Å². The first-order valence-electron chi connectivity index (χ1n) is 6.63. The SMILES string of the molecule is CCCNc1ncnc(-n2cc(C(=O)OCC)cn2)c1Br. The summed E-state index contributed by atoms with van der Waals surface area (Å²) in [6.45, 7) is 4.96. The van der Waals surface area contributed by atoms with Crippen LogP contribution in [0, 0.1) is 0 Å². The average molecular weight is 354 g/mol. The van der Waals surface area contributed by atoms with Crippen LogP contribution in [0.3, 0.4) is 0 Å². The number of carbonyl (C=O) groups is 1. The van der Waals surface area contributed by atoms with Gasteiger partial charge in [0.25, 0.3) is 0 Å². The van der Waals surface area contributed by atoms with E-state index in [1.165, 1.54) is 17.2 Å². The van der Waals surface area contributed by atoms with Crippen LogP contribution in [0.4, 0.5) is 5.82 Å². The first-order valence-corrected chi connectivity index (χ1v) is 7.43. The average Bonchev–Trinajstić information content (AvgIpc) is 2.96. The Morgan fingerprint density at radius 3 is 2.95 bits per heavy atom. The molecule has 1 N–H and O–H groups in total. The van der Waals surface area contributed by atoms with Gasteiger partial charge in [0.1, 0.15) is 16.6 Å². The number of ether oxygens (including phenoxy) is 1. The Morgan fingerprint density at radius 2 is 2.24 bits per heavy atom. The third kappa shape index (κ3) is 3.57. The smallest absolute Gasteiger partial charge is 0.341 e. The van der Waals surface area contributed by atoms with Gasteiger partial charge in [0, 0.05) is 12.7 Å². The Morgan fingerprint density at radius 1 is 1.43 bits per heavy atom. The Hall–Kier alpha value is -1.96. The van der Waals surface area contributed by atoms with Gasteiger partial charge < -0.3 is 10.1 Å². The van der Waals surface area contributed by atoms with Crippen LogP contribution >= 0.6 is 15.9 Å². The molecule has 0 atom stereocenters. The molecule has 0 fully saturated rings. The van der Waals surface area contributed by atoms with Crippen LogP contribution in [0.25, 0.3) is 5.82 Å². The van der Waals surface area contributed by atoms with Crippen molar-refractivity contribution >= 4 is 27.7 Å². The lowest BCUT2D eigenvalue weighted by molar-refractivity contribution is 0.0526. The fraction of sp³-hybridized carbons (Fsp3) is 0.385. The van der Waals surface area contributed by atoms with Gasteiger partial charge in [-0.3, -0.25) is 0 Å². The van der Waals surface area contributed by atoms with Gasteiger partial charge in [-0.1, -0.05) is 6.92 Å². The van der Waals surface area contributed by atoms with E-state index < -0.39 is 5.97 Å². The molecule has 0 aromatic carbocycles. The van der Waals surface area contributed by atoms with Crippen LogP contribution in [-0.4, -0.2) is 38.9 Å². The van der Waals surface area contributed by atoms with Crippen molar-refractivity contribution in [1.82, 2.24) is 19.7 Å². The molecule has 0 amide bonds. The Balaban J connectivity index is 2.28. The number of rotatable bonds is 6. The van der Waals surface area contributed by atoms with E-state index in [0.29, 0.717) is 28.3 Å². The highest BCUT2D eigenvalue weighted by Gasteiger charge is 2.14. The fourth-order valence-electron chi connectivity index (χ4n) is 1.65. The quantitative estimate of drug-likeness (QED) is 0.803. The lowest BCUT2D eigenvalue weighted by Gasteiger charge is -2.09. The number of halogens is 1. The van der Waals surface area contributed by atoms with Gasteiger partial charge >= 0.3 is 5.97 Å². The predicted octanol–water partition coefficient (Wildman–Crippen LogP) is 2.42. The minimum absolute atomic E-state index is 0.326. The molecule has 0 unspecified atom stereocenters. The van der Waals surface area contributed by atoms with Crippen molar-refractivity contribution in [2.24, 2.45) is 0 Å². The Kier molecular flexibility index (Phi) is 5.26. The second-order valence-electron chi connectivity index (χ2n) is 4.18. The van der Waals surface area contributed by atoms with Crippen molar-refractivity contribution in [1.29, 1.82) is 0 Å². The van der Waals surface area contributed by atoms with Gasteiger partial charge in [-0.25, -0.2) is 19.4 Å². The molecule has 0 spiro atoms. The van der Waals surface area contributed by atoms with Crippen LogP contribution in [0.5, 0.6) is 0 Å². The molecule has 112 valence electrons. The molecule has 2 aromatic heterocycles. The third-order valence-corrected chi connectivity index (χ3v) is 3.35. The van der Waals surface area contributed by atoms with Crippen molar-refractivity contribution in [2.75, 3.05) is 18.5 Å². The highest BCUT2D eigenvalue weighted by molar-refractivity contribution is 9.10. The van der Waals surface area contributed by atoms with Crippen molar-refractivity contribution in [3.05, 3.63) is 28.8 Å². The summed E-state index contributed by atoms with van der Waals surface area (Å²) in [6, 6.07) is 0. The number of nitrogens with one attached hydrogen (secondary N) is 1. The summed E-state index contributed by atoms with van der Waals surface area (Å²) in [6.07, 6.45) is 5.46. The van der Waals surface area contributed by atoms with Gasteiger partial charge in [0.2, 0.25) is 0 Å². The minimum Gasteiger partial charge on any atom is -0.462 e. The van der Waals surface area contributed by atoms with Crippen molar-refractivity contribution in [3.63, 3.8) is 0 Å². The van der Waals surface area contributed by atoms with Crippen molar-refractivity contribution < 1.29 is 9.53 Å². The van der Waals surface area contributed by atoms with E-state index in [1.54, 1.807) is 13.1 Å². The van der Waals surface area contributed by atoms with Crippen molar-refractivity contribution in [2.45, 2.75) is 20.3 Å². The highest BCUT2D eigenvalue weighted by Crippen LogP contribution is 2.25. The molecular formula is C13H16BrN5O2. The summed E-state index contributed by atoms with van der Waals surface area (Å²) in [5, 5.41) is 7.33. The molecule has 0 radical (unpaired) electrons. The first-order chi connectivity index (χ1) is 10.2. The van der Waals surface area contributed by atoms with Gasteiger partial charge in [0.05, 0.1) is 18.4 Å². The van der Waals surface area contributed by atoms with Crippen LogP contribution in [0.1, 0.15) is 30.6 Å². The second-order valence-corrected chi connectivity index (χ2v) is 4.97. The molecule has 2 heterocycles. The second kappa shape index (κ2) is 7.16. The number of anilines is 1. The largest absolute Gasteiger partial charge is 0.462 e. The molecule has 0 saturated heterocycles. The van der Waals surface area contributed by atoms with Gasteiger partial charge in [-0.15, -0.1) is 0 Å². The van der Waals surface area contributed by atoms with Crippen LogP contribution in [-0.2, 0) is 4.74 Å². The summed E-state index contributed by atoms with van der Waals surface area (Å²) in [4.78, 5) is 20.0. The summed E-state index contributed by atoms with van der Waals surface area (Å²) >= 11 is 3.46. The normalized spacial score (nSPS) is 10.4. The monoisotopic (exact) mass is 353 g/mol. The zero-order chi connectivity index (χ0) is 15.2. The standard InChI is InChI=1S/C13H16BrN5O2/c1-3-5-15-11-10(14)12(17-8-16-11)19-7-9(6-18-19)13(20)21-4-2/h6-8H,3-5H2,1-2H3,(H,15,16,17). The van der Waals surface area contributed by atoms with E-state index in [1.807, 2.05) is 0 Å². The molecule has 0 aliphatic carbocycles. The molecule has 2 aromatic rings. The summed E-state index contributed by atoms with van der Waals surface area (Å²) < 4.78 is 7.14. The van der Waals surface area contributed by atoms with Crippen molar-refractivity contribution in [3.8, 4) is 5.82 Å². The number of hydrogen-bond acceptors (Lipinski definition) is 6. The maximum Gasteiger partial charge on any atom is 0.341 e. The molecule has 21 heavy (non-hydrogen) atoms. The van der Waals surface area contributed by atoms with Crippen LogP contribution in [0.15, 0.2) is 23.2 Å². The Labute approximate surface area is 130 Å². The first kappa shape index (κ1) is 15.4. The van der Waals surface area contributed by atoms with E-state index in [4.69, 9.17) is 4.74 Å². The molecule has 8 heteroatoms. The fourth-order valence-corrected chi connectivity index (χ4v) is 2.17. The molecule has 0 aliphatic rings. The number of nitrogens with zero attached hydrogens (tertiary/aromatic N) is 4. The zero-order valence-corrected chi connectivity index (χ0v) is 13.4. The zero-order valence-electron chi connectivity index (χ0n) is 11.8. The van der Waals surface area contributed by atoms with E-state index in [2.05, 4.69) is 43.2 Å². The Bertz CT molecular complexity index is 629. The van der Waals surface area contributed by atoms with Gasteiger partial charge in [0.15, 0.2) is 5.82 Å². The minimum atomic E-state index is -0.404. The summed E-state index contributed by atoms with van der Waals surface area (Å²) in [5.74, 6) is 0.840.